The lowest BCUT2D eigenvalue weighted by molar-refractivity contribution is 0.0147. The van der Waals surface area contributed by atoms with Crippen LogP contribution < -0.4 is 10.6 Å². The van der Waals surface area contributed by atoms with Gasteiger partial charge in [-0.25, -0.2) is 4.79 Å². The van der Waals surface area contributed by atoms with Gasteiger partial charge in [0.2, 0.25) is 0 Å². The Kier molecular flexibility index (Phi) is 13.0. The van der Waals surface area contributed by atoms with E-state index in [4.69, 9.17) is 9.47 Å². The van der Waals surface area contributed by atoms with Crippen molar-refractivity contribution in [2.24, 2.45) is 4.99 Å². The van der Waals surface area contributed by atoms with Gasteiger partial charge in [-0.1, -0.05) is 0 Å². The first-order chi connectivity index (χ1) is 11.9. The monoisotopic (exact) mass is 485 g/mol. The van der Waals surface area contributed by atoms with Gasteiger partial charge in [0.15, 0.2) is 5.96 Å². The highest BCUT2D eigenvalue weighted by atomic mass is 127. The fraction of sp³-hybridized carbons (Fsp3) is 0.882. The van der Waals surface area contributed by atoms with E-state index in [9.17, 15) is 4.79 Å². The predicted molar refractivity (Wildman–Crippen MR) is 116 cm³/mol. The number of carbonyl (C=O) groups is 1. The van der Waals surface area contributed by atoms with Crippen molar-refractivity contribution >= 4 is 36.0 Å². The number of carbonyl (C=O) groups excluding carboxylic acids is 1. The zero-order valence-electron chi connectivity index (χ0n) is 16.8. The molecule has 0 saturated carbocycles. The van der Waals surface area contributed by atoms with Gasteiger partial charge < -0.3 is 25.0 Å². The molecule has 26 heavy (non-hydrogen) atoms. The normalized spacial score (nSPS) is 16.0. The summed E-state index contributed by atoms with van der Waals surface area (Å²) in [5.41, 5.74) is -0.441. The number of aliphatic imine (C=N–C) groups is 1. The molecule has 9 heteroatoms. The average Bonchev–Trinajstić information content (AvgIpc) is 2.56. The minimum atomic E-state index is -0.441. The minimum Gasteiger partial charge on any atom is -0.444 e. The molecule has 0 spiro atoms. The Balaban J connectivity index is 0.00000625. The summed E-state index contributed by atoms with van der Waals surface area (Å²) in [6.45, 7) is 14.6. The van der Waals surface area contributed by atoms with Crippen LogP contribution in [0.1, 0.15) is 27.7 Å². The third-order valence-electron chi connectivity index (χ3n) is 3.71. The third-order valence-corrected chi connectivity index (χ3v) is 3.71. The molecule has 1 heterocycles. The van der Waals surface area contributed by atoms with Crippen LogP contribution in [0.2, 0.25) is 0 Å². The van der Waals surface area contributed by atoms with E-state index < -0.39 is 5.60 Å². The van der Waals surface area contributed by atoms with Crippen LogP contribution in [0.25, 0.3) is 0 Å². The molecule has 0 atom stereocenters. The first-order valence-electron chi connectivity index (χ1n) is 9.08. The maximum absolute atomic E-state index is 12.0. The molecule has 1 amide bonds. The summed E-state index contributed by atoms with van der Waals surface area (Å²) in [5, 5.41) is 6.51. The van der Waals surface area contributed by atoms with Crippen molar-refractivity contribution < 1.29 is 14.3 Å². The van der Waals surface area contributed by atoms with Gasteiger partial charge in [0.1, 0.15) is 5.60 Å². The molecular formula is C17H36IN5O3. The lowest BCUT2D eigenvalue weighted by atomic mass is 10.2. The molecule has 0 aliphatic carbocycles. The van der Waals surface area contributed by atoms with Crippen LogP contribution in [-0.2, 0) is 9.47 Å². The van der Waals surface area contributed by atoms with E-state index in [1.54, 1.807) is 11.9 Å². The number of ether oxygens (including phenoxy) is 2. The van der Waals surface area contributed by atoms with Crippen molar-refractivity contribution in [3.05, 3.63) is 0 Å². The summed E-state index contributed by atoms with van der Waals surface area (Å²) < 4.78 is 10.7. The molecule has 0 aromatic rings. The molecule has 0 bridgehead atoms. The second-order valence-electron chi connectivity index (χ2n) is 6.93. The van der Waals surface area contributed by atoms with Gasteiger partial charge in [-0.15, -0.1) is 24.0 Å². The molecule has 1 aliphatic heterocycles. The van der Waals surface area contributed by atoms with Crippen molar-refractivity contribution in [3.8, 4) is 0 Å². The number of rotatable bonds is 7. The molecule has 0 aromatic carbocycles. The third kappa shape index (κ3) is 11.0. The number of hydrogen-bond donors (Lipinski definition) is 2. The Morgan fingerprint density at radius 2 is 1.73 bits per heavy atom. The Labute approximate surface area is 175 Å². The quantitative estimate of drug-likeness (QED) is 0.246. The number of amides is 1. The van der Waals surface area contributed by atoms with Gasteiger partial charge in [-0.2, -0.15) is 0 Å². The summed E-state index contributed by atoms with van der Waals surface area (Å²) in [6, 6.07) is 0. The molecule has 1 rings (SSSR count). The summed E-state index contributed by atoms with van der Waals surface area (Å²) >= 11 is 0. The maximum atomic E-state index is 12.0. The first-order valence-corrected chi connectivity index (χ1v) is 9.08. The van der Waals surface area contributed by atoms with Gasteiger partial charge in [0, 0.05) is 59.5 Å². The van der Waals surface area contributed by atoms with Crippen LogP contribution >= 0.6 is 24.0 Å². The molecule has 0 aromatic heterocycles. The highest BCUT2D eigenvalue weighted by Gasteiger charge is 2.25. The van der Waals surface area contributed by atoms with Crippen LogP contribution in [0.15, 0.2) is 4.99 Å². The minimum absolute atomic E-state index is 0. The molecular weight excluding hydrogens is 449 g/mol. The van der Waals surface area contributed by atoms with E-state index in [1.807, 2.05) is 27.7 Å². The lowest BCUT2D eigenvalue weighted by Crippen LogP contribution is -2.51. The number of nitrogens with zero attached hydrogens (tertiary/aromatic N) is 3. The van der Waals surface area contributed by atoms with E-state index in [2.05, 4.69) is 20.5 Å². The topological polar surface area (TPSA) is 78.4 Å². The molecule has 0 unspecified atom stereocenters. The Morgan fingerprint density at radius 3 is 2.27 bits per heavy atom. The Bertz CT molecular complexity index is 421. The zero-order valence-corrected chi connectivity index (χ0v) is 19.2. The second-order valence-corrected chi connectivity index (χ2v) is 6.93. The Hall–Kier alpha value is -0.810. The van der Waals surface area contributed by atoms with Gasteiger partial charge in [0.25, 0.3) is 0 Å². The van der Waals surface area contributed by atoms with Crippen LogP contribution in [-0.4, -0.2) is 93.5 Å². The van der Waals surface area contributed by atoms with Gasteiger partial charge in [0.05, 0.1) is 6.61 Å². The van der Waals surface area contributed by atoms with Crippen LogP contribution in [0.4, 0.5) is 4.79 Å². The highest BCUT2D eigenvalue weighted by molar-refractivity contribution is 14.0. The fourth-order valence-electron chi connectivity index (χ4n) is 2.42. The number of nitrogens with one attached hydrogen (secondary N) is 2. The Morgan fingerprint density at radius 1 is 1.12 bits per heavy atom. The van der Waals surface area contributed by atoms with Crippen molar-refractivity contribution in [2.45, 2.75) is 33.3 Å². The SMILES string of the molecule is CCOCCNC(=NC)NCCN1CCN(C(=O)OC(C)(C)C)CC1.I. The lowest BCUT2D eigenvalue weighted by Gasteiger charge is -2.35. The van der Waals surface area contributed by atoms with E-state index in [-0.39, 0.29) is 30.1 Å². The number of piperazine rings is 1. The van der Waals surface area contributed by atoms with Crippen LogP contribution in [0.5, 0.6) is 0 Å². The summed E-state index contributed by atoms with van der Waals surface area (Å²) in [4.78, 5) is 20.4. The smallest absolute Gasteiger partial charge is 0.410 e. The van der Waals surface area contributed by atoms with Gasteiger partial charge in [-0.3, -0.25) is 9.89 Å². The number of halogens is 1. The van der Waals surface area contributed by atoms with Gasteiger partial charge >= 0.3 is 6.09 Å². The van der Waals surface area contributed by atoms with E-state index >= 15 is 0 Å². The standard InChI is InChI=1S/C17H35N5O3.HI/c1-6-24-14-8-20-15(18-5)19-7-9-21-10-12-22(13-11-21)16(23)25-17(2,3)4;/h6-14H2,1-5H3,(H2,18,19,20);1H. The molecule has 1 saturated heterocycles. The summed E-state index contributed by atoms with van der Waals surface area (Å²) in [5.74, 6) is 0.784. The molecule has 1 aliphatic rings. The number of hydrogen-bond acceptors (Lipinski definition) is 5. The molecule has 8 nitrogen and oxygen atoms in total. The predicted octanol–water partition coefficient (Wildman–Crippen LogP) is 1.36. The van der Waals surface area contributed by atoms with E-state index in [1.165, 1.54) is 0 Å². The van der Waals surface area contributed by atoms with Crippen molar-refractivity contribution in [3.63, 3.8) is 0 Å². The highest BCUT2D eigenvalue weighted by Crippen LogP contribution is 2.11. The second kappa shape index (κ2) is 13.4. The number of guanidine groups is 1. The van der Waals surface area contributed by atoms with E-state index in [0.29, 0.717) is 19.7 Å². The summed E-state index contributed by atoms with van der Waals surface area (Å²) in [7, 11) is 1.76. The van der Waals surface area contributed by atoms with Crippen LogP contribution in [0, 0.1) is 0 Å². The largest absolute Gasteiger partial charge is 0.444 e. The zero-order chi connectivity index (χ0) is 18.7. The summed E-state index contributed by atoms with van der Waals surface area (Å²) in [6.07, 6.45) is -0.218. The molecule has 0 radical (unpaired) electrons. The molecule has 2 N–H and O–H groups in total. The van der Waals surface area contributed by atoms with Crippen molar-refractivity contribution in [2.75, 3.05) is 66.1 Å². The molecule has 154 valence electrons. The van der Waals surface area contributed by atoms with Crippen molar-refractivity contribution in [1.29, 1.82) is 0 Å². The van der Waals surface area contributed by atoms with Crippen LogP contribution in [0.3, 0.4) is 0 Å². The fourth-order valence-corrected chi connectivity index (χ4v) is 2.42. The molecule has 1 fully saturated rings. The van der Waals surface area contributed by atoms with Crippen molar-refractivity contribution in [1.82, 2.24) is 20.4 Å². The van der Waals surface area contributed by atoms with E-state index in [0.717, 1.165) is 45.3 Å². The van der Waals surface area contributed by atoms with Gasteiger partial charge in [-0.05, 0) is 27.7 Å². The maximum Gasteiger partial charge on any atom is 0.410 e. The first kappa shape index (κ1) is 25.2. The average molecular weight is 485 g/mol.